The van der Waals surface area contributed by atoms with Crippen molar-refractivity contribution in [1.29, 1.82) is 5.26 Å². The quantitative estimate of drug-likeness (QED) is 0.876. The largest absolute Gasteiger partial charge is 0.352 e. The second-order valence-corrected chi connectivity index (χ2v) is 4.96. The minimum atomic E-state index is -0.0919. The van der Waals surface area contributed by atoms with E-state index in [4.69, 9.17) is 0 Å². The van der Waals surface area contributed by atoms with Crippen LogP contribution in [0, 0.1) is 25.2 Å². The number of nitriles is 1. The lowest BCUT2D eigenvalue weighted by atomic mass is 10.1. The van der Waals surface area contributed by atoms with Gasteiger partial charge in [-0.3, -0.25) is 4.79 Å². The zero-order chi connectivity index (χ0) is 15.3. The molecule has 0 radical (unpaired) electrons. The average Bonchev–Trinajstić information content (AvgIpc) is 2.38. The second-order valence-electron chi connectivity index (χ2n) is 4.96. The Labute approximate surface area is 119 Å². The Morgan fingerprint density at radius 1 is 1.40 bits per heavy atom. The summed E-state index contributed by atoms with van der Waals surface area (Å²) in [6.07, 6.45) is 0. The van der Waals surface area contributed by atoms with Crippen molar-refractivity contribution in [2.45, 2.75) is 40.7 Å². The molecule has 0 bridgehead atoms. The molecule has 1 heterocycles. The van der Waals surface area contributed by atoms with E-state index in [1.165, 1.54) is 0 Å². The Morgan fingerprint density at radius 3 is 2.55 bits per heavy atom. The van der Waals surface area contributed by atoms with Gasteiger partial charge in [0.15, 0.2) is 5.82 Å². The van der Waals surface area contributed by atoms with Crippen molar-refractivity contribution in [1.82, 2.24) is 15.5 Å². The highest BCUT2D eigenvalue weighted by atomic mass is 16.2. The van der Waals surface area contributed by atoms with Gasteiger partial charge in [-0.2, -0.15) is 10.4 Å². The summed E-state index contributed by atoms with van der Waals surface area (Å²) in [6, 6.07) is 2.24. The third-order valence-corrected chi connectivity index (χ3v) is 3.01. The fourth-order valence-corrected chi connectivity index (χ4v) is 1.83. The predicted molar refractivity (Wildman–Crippen MR) is 77.4 cm³/mol. The van der Waals surface area contributed by atoms with Crippen LogP contribution in [0.2, 0.25) is 0 Å². The smallest absolute Gasteiger partial charge is 0.239 e. The first-order valence-corrected chi connectivity index (χ1v) is 6.69. The minimum Gasteiger partial charge on any atom is -0.352 e. The molecule has 1 aromatic heterocycles. The zero-order valence-electron chi connectivity index (χ0n) is 12.7. The standard InChI is InChI=1S/C14H21N5O/c1-6-19(8-13(20)16-9(2)3)14-12(7-15)10(4)11(5)17-18-14/h9H,6,8H2,1-5H3,(H,16,20). The van der Waals surface area contributed by atoms with Gasteiger partial charge in [0.2, 0.25) is 5.91 Å². The molecule has 0 atom stereocenters. The van der Waals surface area contributed by atoms with Gasteiger partial charge < -0.3 is 10.2 Å². The molecule has 108 valence electrons. The Balaban J connectivity index is 3.05. The van der Waals surface area contributed by atoms with Crippen LogP contribution in [-0.2, 0) is 4.79 Å². The van der Waals surface area contributed by atoms with E-state index in [2.05, 4.69) is 21.6 Å². The van der Waals surface area contributed by atoms with Crippen LogP contribution in [0.3, 0.4) is 0 Å². The van der Waals surface area contributed by atoms with Crippen LogP contribution < -0.4 is 10.2 Å². The summed E-state index contributed by atoms with van der Waals surface area (Å²) in [5, 5.41) is 20.3. The van der Waals surface area contributed by atoms with Gasteiger partial charge in [0.05, 0.1) is 12.2 Å². The number of carbonyl (C=O) groups is 1. The maximum Gasteiger partial charge on any atom is 0.239 e. The molecule has 1 amide bonds. The van der Waals surface area contributed by atoms with Crippen molar-refractivity contribution in [2.75, 3.05) is 18.0 Å². The first-order valence-electron chi connectivity index (χ1n) is 6.69. The summed E-state index contributed by atoms with van der Waals surface area (Å²) >= 11 is 0. The number of nitrogens with zero attached hydrogens (tertiary/aromatic N) is 4. The molecule has 6 nitrogen and oxygen atoms in total. The van der Waals surface area contributed by atoms with Gasteiger partial charge >= 0.3 is 0 Å². The molecule has 1 N–H and O–H groups in total. The third kappa shape index (κ3) is 3.67. The Hall–Kier alpha value is -2.16. The van der Waals surface area contributed by atoms with Gasteiger partial charge in [-0.15, -0.1) is 5.10 Å². The minimum absolute atomic E-state index is 0.0856. The number of aromatic nitrogens is 2. The molecule has 1 rings (SSSR count). The van der Waals surface area contributed by atoms with Gasteiger partial charge in [0.1, 0.15) is 11.6 Å². The molecular formula is C14H21N5O. The lowest BCUT2D eigenvalue weighted by molar-refractivity contribution is -0.120. The van der Waals surface area contributed by atoms with E-state index in [1.807, 2.05) is 34.6 Å². The number of hydrogen-bond donors (Lipinski definition) is 1. The molecule has 0 aliphatic heterocycles. The van der Waals surface area contributed by atoms with Crippen LogP contribution in [0.25, 0.3) is 0 Å². The van der Waals surface area contributed by atoms with Gasteiger partial charge in [0, 0.05) is 12.6 Å². The molecule has 0 aliphatic rings. The second kappa shape index (κ2) is 6.85. The van der Waals surface area contributed by atoms with Crippen molar-refractivity contribution >= 4 is 11.7 Å². The Morgan fingerprint density at radius 2 is 2.05 bits per heavy atom. The van der Waals surface area contributed by atoms with Crippen LogP contribution in [0.1, 0.15) is 37.6 Å². The molecule has 1 aromatic rings. The summed E-state index contributed by atoms with van der Waals surface area (Å²) in [6.45, 7) is 10.1. The fraction of sp³-hybridized carbons (Fsp3) is 0.571. The highest BCUT2D eigenvalue weighted by Crippen LogP contribution is 2.20. The Kier molecular flexibility index (Phi) is 5.44. The number of rotatable bonds is 5. The van der Waals surface area contributed by atoms with Gasteiger partial charge in [-0.1, -0.05) is 0 Å². The molecule has 0 aliphatic carbocycles. The molecule has 0 aromatic carbocycles. The summed E-state index contributed by atoms with van der Waals surface area (Å²) in [4.78, 5) is 13.6. The third-order valence-electron chi connectivity index (χ3n) is 3.01. The normalized spacial score (nSPS) is 10.2. The van der Waals surface area contributed by atoms with E-state index in [0.717, 1.165) is 11.3 Å². The number of aryl methyl sites for hydroxylation is 1. The number of likely N-dealkylation sites (N-methyl/N-ethyl adjacent to an activating group) is 1. The molecule has 6 heteroatoms. The van der Waals surface area contributed by atoms with Crippen molar-refractivity contribution < 1.29 is 4.79 Å². The van der Waals surface area contributed by atoms with E-state index in [-0.39, 0.29) is 18.5 Å². The maximum absolute atomic E-state index is 11.9. The van der Waals surface area contributed by atoms with Gasteiger partial charge in [-0.25, -0.2) is 0 Å². The van der Waals surface area contributed by atoms with Crippen LogP contribution in [0.4, 0.5) is 5.82 Å². The van der Waals surface area contributed by atoms with E-state index in [1.54, 1.807) is 4.90 Å². The van der Waals surface area contributed by atoms with Gasteiger partial charge in [-0.05, 0) is 40.2 Å². The number of hydrogen-bond acceptors (Lipinski definition) is 5. The first-order chi connectivity index (χ1) is 9.40. The van der Waals surface area contributed by atoms with Crippen LogP contribution in [-0.4, -0.2) is 35.2 Å². The van der Waals surface area contributed by atoms with Crippen molar-refractivity contribution in [3.05, 3.63) is 16.8 Å². The number of amides is 1. The SMILES string of the molecule is CCN(CC(=O)NC(C)C)c1nnc(C)c(C)c1C#N. The van der Waals surface area contributed by atoms with E-state index >= 15 is 0 Å². The number of anilines is 1. The van der Waals surface area contributed by atoms with Crippen LogP contribution in [0.5, 0.6) is 0 Å². The summed E-state index contributed by atoms with van der Waals surface area (Å²) < 4.78 is 0. The molecule has 0 spiro atoms. The summed E-state index contributed by atoms with van der Waals surface area (Å²) in [7, 11) is 0. The molecule has 0 unspecified atom stereocenters. The molecule has 0 saturated heterocycles. The van der Waals surface area contributed by atoms with Crippen molar-refractivity contribution in [2.24, 2.45) is 0 Å². The highest BCUT2D eigenvalue weighted by Gasteiger charge is 2.18. The predicted octanol–water partition coefficient (Wildman–Crippen LogP) is 1.32. The number of nitrogens with one attached hydrogen (secondary N) is 1. The molecular weight excluding hydrogens is 254 g/mol. The summed E-state index contributed by atoms with van der Waals surface area (Å²) in [5.74, 6) is 0.378. The van der Waals surface area contributed by atoms with Crippen LogP contribution >= 0.6 is 0 Å². The fourth-order valence-electron chi connectivity index (χ4n) is 1.83. The topological polar surface area (TPSA) is 81.9 Å². The maximum atomic E-state index is 11.9. The van der Waals surface area contributed by atoms with Crippen LogP contribution in [0.15, 0.2) is 0 Å². The highest BCUT2D eigenvalue weighted by molar-refractivity contribution is 5.81. The molecule has 0 saturated carbocycles. The zero-order valence-corrected chi connectivity index (χ0v) is 12.7. The number of carbonyl (C=O) groups excluding carboxylic acids is 1. The Bertz CT molecular complexity index is 533. The van der Waals surface area contributed by atoms with E-state index in [0.29, 0.717) is 17.9 Å². The van der Waals surface area contributed by atoms with Crippen molar-refractivity contribution in [3.8, 4) is 6.07 Å². The van der Waals surface area contributed by atoms with E-state index < -0.39 is 0 Å². The summed E-state index contributed by atoms with van der Waals surface area (Å²) in [5.41, 5.74) is 2.02. The van der Waals surface area contributed by atoms with Crippen molar-refractivity contribution in [3.63, 3.8) is 0 Å². The monoisotopic (exact) mass is 275 g/mol. The lowest BCUT2D eigenvalue weighted by Gasteiger charge is -2.23. The molecule has 0 fully saturated rings. The average molecular weight is 275 g/mol. The van der Waals surface area contributed by atoms with E-state index in [9.17, 15) is 10.1 Å². The molecule has 20 heavy (non-hydrogen) atoms. The first kappa shape index (κ1) is 15.9. The van der Waals surface area contributed by atoms with Gasteiger partial charge in [0.25, 0.3) is 0 Å². The lowest BCUT2D eigenvalue weighted by Crippen LogP contribution is -2.40.